The molecule has 106 valence electrons. The normalized spacial score (nSPS) is 10.8. The van der Waals surface area contributed by atoms with Gasteiger partial charge in [0.15, 0.2) is 5.82 Å². The Kier molecular flexibility index (Phi) is 3.52. The van der Waals surface area contributed by atoms with E-state index in [2.05, 4.69) is 31.5 Å². The first-order chi connectivity index (χ1) is 10.1. The lowest BCUT2D eigenvalue weighted by atomic mass is 10.1. The first kappa shape index (κ1) is 13.8. The zero-order chi connectivity index (χ0) is 15.0. The molecular formula is C13H10BrClN6. The summed E-state index contributed by atoms with van der Waals surface area (Å²) in [4.78, 5) is 0. The summed E-state index contributed by atoms with van der Waals surface area (Å²) in [7, 11) is 0. The third-order valence-corrected chi connectivity index (χ3v) is 4.15. The van der Waals surface area contributed by atoms with E-state index in [-0.39, 0.29) is 0 Å². The van der Waals surface area contributed by atoms with Crippen molar-refractivity contribution in [3.8, 4) is 17.1 Å². The van der Waals surface area contributed by atoms with Crippen molar-refractivity contribution >= 4 is 38.9 Å². The molecule has 8 heteroatoms. The van der Waals surface area contributed by atoms with Gasteiger partial charge in [-0.3, -0.25) is 0 Å². The molecular weight excluding hydrogens is 356 g/mol. The maximum absolute atomic E-state index is 6.00. The van der Waals surface area contributed by atoms with Gasteiger partial charge in [-0.2, -0.15) is 4.68 Å². The monoisotopic (exact) mass is 364 g/mol. The van der Waals surface area contributed by atoms with Crippen LogP contribution in [-0.2, 0) is 0 Å². The van der Waals surface area contributed by atoms with Crippen molar-refractivity contribution in [1.82, 2.24) is 20.2 Å². The van der Waals surface area contributed by atoms with Crippen molar-refractivity contribution < 1.29 is 0 Å². The van der Waals surface area contributed by atoms with Gasteiger partial charge in [0.1, 0.15) is 0 Å². The molecule has 0 saturated heterocycles. The number of hydrogen-bond donors (Lipinski definition) is 2. The van der Waals surface area contributed by atoms with Gasteiger partial charge < -0.3 is 11.5 Å². The van der Waals surface area contributed by atoms with Crippen LogP contribution in [-0.4, -0.2) is 20.2 Å². The van der Waals surface area contributed by atoms with Gasteiger partial charge in [0, 0.05) is 21.4 Å². The Balaban J connectivity index is 2.14. The summed E-state index contributed by atoms with van der Waals surface area (Å²) in [5.41, 5.74) is 14.3. The van der Waals surface area contributed by atoms with Crippen molar-refractivity contribution in [2.75, 3.05) is 11.5 Å². The molecule has 2 aromatic carbocycles. The summed E-state index contributed by atoms with van der Waals surface area (Å²) in [6.45, 7) is 0. The lowest BCUT2D eigenvalue weighted by Crippen LogP contribution is -2.02. The van der Waals surface area contributed by atoms with E-state index in [1.807, 2.05) is 12.1 Å². The van der Waals surface area contributed by atoms with Gasteiger partial charge in [0.2, 0.25) is 0 Å². The zero-order valence-corrected chi connectivity index (χ0v) is 13.0. The number of nitrogens with two attached hydrogens (primary N) is 2. The van der Waals surface area contributed by atoms with E-state index < -0.39 is 0 Å². The fourth-order valence-corrected chi connectivity index (χ4v) is 2.41. The largest absolute Gasteiger partial charge is 0.399 e. The van der Waals surface area contributed by atoms with E-state index in [1.165, 1.54) is 0 Å². The Hall–Kier alpha value is -2.12. The lowest BCUT2D eigenvalue weighted by molar-refractivity contribution is 0.791. The van der Waals surface area contributed by atoms with Crippen LogP contribution in [0.4, 0.5) is 11.4 Å². The van der Waals surface area contributed by atoms with Crippen LogP contribution in [0.25, 0.3) is 17.1 Å². The number of hydrogen-bond acceptors (Lipinski definition) is 5. The fourth-order valence-electron chi connectivity index (χ4n) is 1.93. The van der Waals surface area contributed by atoms with Gasteiger partial charge in [0.25, 0.3) is 0 Å². The Morgan fingerprint density at radius 3 is 2.62 bits per heavy atom. The molecule has 6 nitrogen and oxygen atoms in total. The smallest absolute Gasteiger partial charge is 0.189 e. The molecule has 1 aromatic heterocycles. The third kappa shape index (κ3) is 2.57. The molecule has 0 atom stereocenters. The van der Waals surface area contributed by atoms with E-state index in [1.54, 1.807) is 28.9 Å². The minimum atomic E-state index is 0.513. The van der Waals surface area contributed by atoms with Gasteiger partial charge in [-0.05, 0) is 62.8 Å². The van der Waals surface area contributed by atoms with Gasteiger partial charge in [-0.25, -0.2) is 0 Å². The second-order valence-electron chi connectivity index (χ2n) is 4.36. The van der Waals surface area contributed by atoms with E-state index in [4.69, 9.17) is 23.1 Å². The molecule has 3 rings (SSSR count). The summed E-state index contributed by atoms with van der Waals surface area (Å²) >= 11 is 9.38. The summed E-state index contributed by atoms with van der Waals surface area (Å²) in [6.07, 6.45) is 0. The van der Waals surface area contributed by atoms with Crippen LogP contribution in [0, 0.1) is 0 Å². The van der Waals surface area contributed by atoms with Gasteiger partial charge in [-0.1, -0.05) is 11.6 Å². The predicted octanol–water partition coefficient (Wildman–Crippen LogP) is 2.91. The van der Waals surface area contributed by atoms with Crippen molar-refractivity contribution in [2.24, 2.45) is 0 Å². The third-order valence-electron chi connectivity index (χ3n) is 2.93. The van der Waals surface area contributed by atoms with Gasteiger partial charge in [-0.15, -0.1) is 5.10 Å². The molecule has 0 amide bonds. The number of nitrogens with zero attached hydrogens (tertiary/aromatic N) is 4. The number of halogens is 2. The van der Waals surface area contributed by atoms with E-state index in [9.17, 15) is 0 Å². The molecule has 3 aromatic rings. The standard InChI is InChI=1S/C13H10BrClN6/c14-10-6-8(2-4-11(10)15)21-13(18-19-20-21)9-3-1-7(16)5-12(9)17/h1-6H,16-17H2. The highest BCUT2D eigenvalue weighted by atomic mass is 79.9. The molecule has 4 N–H and O–H groups in total. The second kappa shape index (κ2) is 5.34. The van der Waals surface area contributed by atoms with E-state index >= 15 is 0 Å². The van der Waals surface area contributed by atoms with Crippen LogP contribution in [0.5, 0.6) is 0 Å². The number of tetrazole rings is 1. The van der Waals surface area contributed by atoms with E-state index in [0.29, 0.717) is 27.8 Å². The van der Waals surface area contributed by atoms with E-state index in [0.717, 1.165) is 10.2 Å². The Labute approximate surface area is 133 Å². The molecule has 0 aliphatic rings. The van der Waals surface area contributed by atoms with Crippen molar-refractivity contribution in [1.29, 1.82) is 0 Å². The molecule has 0 fully saturated rings. The maximum atomic E-state index is 6.00. The summed E-state index contributed by atoms with van der Waals surface area (Å²) in [6, 6.07) is 10.6. The number of aromatic nitrogens is 4. The molecule has 0 bridgehead atoms. The fraction of sp³-hybridized carbons (Fsp3) is 0. The Bertz CT molecular complexity index is 816. The Morgan fingerprint density at radius 1 is 1.10 bits per heavy atom. The highest BCUT2D eigenvalue weighted by Crippen LogP contribution is 2.29. The predicted molar refractivity (Wildman–Crippen MR) is 86.1 cm³/mol. The number of anilines is 2. The van der Waals surface area contributed by atoms with Crippen LogP contribution in [0.3, 0.4) is 0 Å². The summed E-state index contributed by atoms with van der Waals surface area (Å²) < 4.78 is 2.34. The highest BCUT2D eigenvalue weighted by Gasteiger charge is 2.14. The summed E-state index contributed by atoms with van der Waals surface area (Å²) in [5.74, 6) is 0.529. The van der Waals surface area contributed by atoms with Gasteiger partial charge in [0.05, 0.1) is 10.7 Å². The van der Waals surface area contributed by atoms with Crippen molar-refractivity contribution in [2.45, 2.75) is 0 Å². The topological polar surface area (TPSA) is 95.6 Å². The van der Waals surface area contributed by atoms with Crippen molar-refractivity contribution in [3.05, 3.63) is 45.9 Å². The molecule has 0 unspecified atom stereocenters. The average Bonchev–Trinajstić information content (AvgIpc) is 2.91. The van der Waals surface area contributed by atoms with Crippen LogP contribution in [0.15, 0.2) is 40.9 Å². The molecule has 0 radical (unpaired) electrons. The lowest BCUT2D eigenvalue weighted by Gasteiger charge is -2.08. The minimum absolute atomic E-state index is 0.513. The highest BCUT2D eigenvalue weighted by molar-refractivity contribution is 9.10. The second-order valence-corrected chi connectivity index (χ2v) is 5.62. The number of benzene rings is 2. The maximum Gasteiger partial charge on any atom is 0.189 e. The zero-order valence-electron chi connectivity index (χ0n) is 10.7. The number of nitrogen functional groups attached to an aromatic ring is 2. The van der Waals surface area contributed by atoms with Crippen LogP contribution < -0.4 is 11.5 Å². The molecule has 0 saturated carbocycles. The summed E-state index contributed by atoms with van der Waals surface area (Å²) in [5, 5.41) is 12.4. The minimum Gasteiger partial charge on any atom is -0.399 e. The molecule has 1 heterocycles. The first-order valence-corrected chi connectivity index (χ1v) is 7.12. The SMILES string of the molecule is Nc1ccc(-c2nnnn2-c2ccc(Cl)c(Br)c2)c(N)c1. The molecule has 0 aliphatic carbocycles. The quantitative estimate of drug-likeness (QED) is 0.681. The van der Waals surface area contributed by atoms with Crippen LogP contribution in [0.2, 0.25) is 5.02 Å². The molecule has 0 spiro atoms. The molecule has 0 aliphatic heterocycles. The van der Waals surface area contributed by atoms with Crippen LogP contribution >= 0.6 is 27.5 Å². The first-order valence-electron chi connectivity index (χ1n) is 5.95. The molecule has 21 heavy (non-hydrogen) atoms. The average molecular weight is 366 g/mol. The number of rotatable bonds is 2. The van der Waals surface area contributed by atoms with Crippen molar-refractivity contribution in [3.63, 3.8) is 0 Å². The van der Waals surface area contributed by atoms with Gasteiger partial charge >= 0.3 is 0 Å². The Morgan fingerprint density at radius 2 is 1.90 bits per heavy atom. The van der Waals surface area contributed by atoms with Crippen LogP contribution in [0.1, 0.15) is 0 Å².